The van der Waals surface area contributed by atoms with Crippen molar-refractivity contribution in [3.05, 3.63) is 30.3 Å². The van der Waals surface area contributed by atoms with Gasteiger partial charge in [-0.15, -0.1) is 0 Å². The quantitative estimate of drug-likeness (QED) is 0.345. The zero-order chi connectivity index (χ0) is 23.5. The highest BCUT2D eigenvalue weighted by atomic mass is 16.2. The summed E-state index contributed by atoms with van der Waals surface area (Å²) in [6, 6.07) is 10.5. The van der Waals surface area contributed by atoms with Gasteiger partial charge in [-0.2, -0.15) is 0 Å². The molecule has 0 bridgehead atoms. The highest BCUT2D eigenvalue weighted by molar-refractivity contribution is 5.85. The van der Waals surface area contributed by atoms with Gasteiger partial charge in [0.25, 0.3) is 0 Å². The molecule has 1 aliphatic heterocycles. The Morgan fingerprint density at radius 3 is 2.38 bits per heavy atom. The molecule has 8 heteroatoms. The number of benzene rings is 1. The Balaban J connectivity index is 1.85. The molecule has 1 aromatic carbocycles. The van der Waals surface area contributed by atoms with Crippen LogP contribution in [0.1, 0.15) is 33.1 Å². The van der Waals surface area contributed by atoms with Crippen LogP contribution in [0.4, 0.5) is 5.69 Å². The van der Waals surface area contributed by atoms with Crippen LogP contribution >= 0.6 is 0 Å². The maximum atomic E-state index is 12.2. The van der Waals surface area contributed by atoms with E-state index in [1.807, 2.05) is 36.9 Å². The number of piperidine rings is 1. The Kier molecular flexibility index (Phi) is 10.3. The number of hydrogen-bond acceptors (Lipinski definition) is 4. The van der Waals surface area contributed by atoms with Gasteiger partial charge in [-0.3, -0.25) is 9.59 Å². The molecular formula is C24H40N6O2. The lowest BCUT2D eigenvalue weighted by Crippen LogP contribution is -2.50. The Bertz CT molecular complexity index is 742. The van der Waals surface area contributed by atoms with Gasteiger partial charge < -0.3 is 25.3 Å². The van der Waals surface area contributed by atoms with Gasteiger partial charge in [-0.1, -0.05) is 32.0 Å². The second-order valence-corrected chi connectivity index (χ2v) is 8.89. The molecule has 0 spiro atoms. The molecule has 2 amide bonds. The number of anilines is 1. The first kappa shape index (κ1) is 25.5. The largest absolute Gasteiger partial charge is 0.375 e. The van der Waals surface area contributed by atoms with Crippen LogP contribution < -0.4 is 15.5 Å². The number of likely N-dealkylation sites (tertiary alicyclic amines) is 1. The van der Waals surface area contributed by atoms with Crippen molar-refractivity contribution in [2.45, 2.75) is 39.2 Å². The zero-order valence-electron chi connectivity index (χ0n) is 20.3. The fourth-order valence-corrected chi connectivity index (χ4v) is 3.58. The summed E-state index contributed by atoms with van der Waals surface area (Å²) in [5.74, 6) is 0.877. The van der Waals surface area contributed by atoms with E-state index in [1.54, 1.807) is 19.0 Å². The van der Waals surface area contributed by atoms with Crippen LogP contribution in [0.5, 0.6) is 0 Å². The minimum Gasteiger partial charge on any atom is -0.375 e. The van der Waals surface area contributed by atoms with Crippen LogP contribution in [0.3, 0.4) is 0 Å². The molecule has 1 saturated heterocycles. The van der Waals surface area contributed by atoms with E-state index in [0.29, 0.717) is 5.96 Å². The maximum absolute atomic E-state index is 12.2. The first-order valence-corrected chi connectivity index (χ1v) is 11.6. The Hall–Kier alpha value is -2.77. The van der Waals surface area contributed by atoms with Gasteiger partial charge in [0.15, 0.2) is 5.96 Å². The molecule has 0 saturated carbocycles. The van der Waals surface area contributed by atoms with Gasteiger partial charge in [0, 0.05) is 65.0 Å². The molecule has 8 nitrogen and oxygen atoms in total. The van der Waals surface area contributed by atoms with E-state index in [4.69, 9.17) is 0 Å². The number of carbonyl (C=O) groups excluding carboxylic acids is 2. The summed E-state index contributed by atoms with van der Waals surface area (Å²) in [6.45, 7) is 7.16. The number of likely N-dealkylation sites (N-methyl/N-ethyl adjacent to an activating group) is 1. The Morgan fingerprint density at radius 2 is 1.78 bits per heavy atom. The average Bonchev–Trinajstić information content (AvgIpc) is 2.80. The number of para-hydroxylation sites is 1. The summed E-state index contributed by atoms with van der Waals surface area (Å²) in [7, 11) is 5.56. The van der Waals surface area contributed by atoms with E-state index in [2.05, 4.69) is 39.7 Å². The summed E-state index contributed by atoms with van der Waals surface area (Å²) in [5.41, 5.74) is 1.19. The number of nitrogens with zero attached hydrogens (tertiary/aromatic N) is 4. The van der Waals surface area contributed by atoms with Crippen LogP contribution in [-0.2, 0) is 9.59 Å². The molecule has 178 valence electrons. The molecule has 1 heterocycles. The molecule has 0 aliphatic carbocycles. The first-order valence-electron chi connectivity index (χ1n) is 11.6. The lowest BCUT2D eigenvalue weighted by atomic mass is 10.0. The summed E-state index contributed by atoms with van der Waals surface area (Å²) in [4.78, 5) is 34.5. The number of hydrogen-bond donors (Lipinski definition) is 2. The molecule has 2 N–H and O–H groups in total. The third kappa shape index (κ3) is 8.40. The van der Waals surface area contributed by atoms with E-state index in [0.717, 1.165) is 45.4 Å². The van der Waals surface area contributed by atoms with Gasteiger partial charge >= 0.3 is 0 Å². The highest BCUT2D eigenvalue weighted by Gasteiger charge is 2.24. The van der Waals surface area contributed by atoms with Gasteiger partial charge in [-0.25, -0.2) is 4.99 Å². The summed E-state index contributed by atoms with van der Waals surface area (Å²) < 4.78 is 0. The molecule has 1 fully saturated rings. The van der Waals surface area contributed by atoms with E-state index < -0.39 is 0 Å². The van der Waals surface area contributed by atoms with Crippen molar-refractivity contribution in [2.75, 3.05) is 58.8 Å². The zero-order valence-corrected chi connectivity index (χ0v) is 20.3. The second-order valence-electron chi connectivity index (χ2n) is 8.89. The van der Waals surface area contributed by atoms with Crippen LogP contribution in [-0.4, -0.2) is 87.5 Å². The van der Waals surface area contributed by atoms with Gasteiger partial charge in [0.05, 0.1) is 0 Å². The Labute approximate surface area is 193 Å². The van der Waals surface area contributed by atoms with Crippen molar-refractivity contribution < 1.29 is 9.59 Å². The number of carbonyl (C=O) groups is 2. The molecule has 2 rings (SSSR count). The molecule has 0 atom stereocenters. The number of aliphatic imine (C=N–C) groups is 1. The molecule has 32 heavy (non-hydrogen) atoms. The van der Waals surface area contributed by atoms with E-state index >= 15 is 0 Å². The monoisotopic (exact) mass is 444 g/mol. The van der Waals surface area contributed by atoms with Crippen molar-refractivity contribution in [1.82, 2.24) is 20.4 Å². The lowest BCUT2D eigenvalue weighted by molar-refractivity contribution is -0.135. The third-order valence-electron chi connectivity index (χ3n) is 5.67. The number of amides is 2. The SMILES string of the molecule is CC(C)C(=O)N1CCC(NC(=NCC(=O)N(C)C)NCCCN(C)c2ccccc2)CC1. The summed E-state index contributed by atoms with van der Waals surface area (Å²) in [6.07, 6.45) is 2.68. The number of nitrogens with one attached hydrogen (secondary N) is 2. The van der Waals surface area contributed by atoms with Gasteiger partial charge in [0.1, 0.15) is 6.54 Å². The molecular weight excluding hydrogens is 404 g/mol. The van der Waals surface area contributed by atoms with Crippen LogP contribution in [0.2, 0.25) is 0 Å². The third-order valence-corrected chi connectivity index (χ3v) is 5.67. The van der Waals surface area contributed by atoms with Crippen molar-refractivity contribution in [3.63, 3.8) is 0 Å². The van der Waals surface area contributed by atoms with Crippen LogP contribution in [0.25, 0.3) is 0 Å². The standard InChI is InChI=1S/C24H40N6O2/c1-19(2)23(32)30-16-12-20(13-17-30)27-24(26-18-22(31)28(3)4)25-14-9-15-29(5)21-10-7-6-8-11-21/h6-8,10-11,19-20H,9,12-18H2,1-5H3,(H2,25,26,27). The van der Waals surface area contributed by atoms with Crippen molar-refractivity contribution >= 4 is 23.5 Å². The van der Waals surface area contributed by atoms with Crippen molar-refractivity contribution in [2.24, 2.45) is 10.9 Å². The lowest BCUT2D eigenvalue weighted by Gasteiger charge is -2.34. The van der Waals surface area contributed by atoms with Crippen molar-refractivity contribution in [1.29, 1.82) is 0 Å². The van der Waals surface area contributed by atoms with Gasteiger partial charge in [0.2, 0.25) is 11.8 Å². The smallest absolute Gasteiger partial charge is 0.243 e. The molecule has 0 aromatic heterocycles. The molecule has 0 unspecified atom stereocenters. The first-order chi connectivity index (χ1) is 15.3. The minimum atomic E-state index is -0.0349. The normalized spacial score (nSPS) is 14.9. The summed E-state index contributed by atoms with van der Waals surface area (Å²) >= 11 is 0. The fourth-order valence-electron chi connectivity index (χ4n) is 3.58. The number of guanidine groups is 1. The van der Waals surface area contributed by atoms with Crippen LogP contribution in [0, 0.1) is 5.92 Å². The minimum absolute atomic E-state index is 0.0318. The van der Waals surface area contributed by atoms with E-state index in [9.17, 15) is 9.59 Å². The maximum Gasteiger partial charge on any atom is 0.243 e. The van der Waals surface area contributed by atoms with Crippen LogP contribution in [0.15, 0.2) is 35.3 Å². The average molecular weight is 445 g/mol. The summed E-state index contributed by atoms with van der Waals surface area (Å²) in [5, 5.41) is 6.86. The van der Waals surface area contributed by atoms with Crippen molar-refractivity contribution in [3.8, 4) is 0 Å². The van der Waals surface area contributed by atoms with E-state index in [1.165, 1.54) is 5.69 Å². The second kappa shape index (κ2) is 12.9. The topological polar surface area (TPSA) is 80.3 Å². The Morgan fingerprint density at radius 1 is 1.12 bits per heavy atom. The molecule has 1 aliphatic rings. The molecule has 0 radical (unpaired) electrons. The predicted octanol–water partition coefficient (Wildman–Crippen LogP) is 1.78. The predicted molar refractivity (Wildman–Crippen MR) is 131 cm³/mol. The highest BCUT2D eigenvalue weighted by Crippen LogP contribution is 2.13. The van der Waals surface area contributed by atoms with Gasteiger partial charge in [-0.05, 0) is 31.4 Å². The number of rotatable bonds is 9. The fraction of sp³-hybridized carbons (Fsp3) is 0.625. The molecule has 1 aromatic rings. The van der Waals surface area contributed by atoms with E-state index in [-0.39, 0.29) is 30.3 Å².